The molecule has 0 saturated carbocycles. The summed E-state index contributed by atoms with van der Waals surface area (Å²) in [5, 5.41) is 10.4. The molecule has 1 atom stereocenters. The minimum Gasteiger partial charge on any atom is -0.491 e. The number of hydrogen-bond donors (Lipinski definition) is 1. The van der Waals surface area contributed by atoms with Crippen molar-refractivity contribution in [2.24, 2.45) is 0 Å². The predicted molar refractivity (Wildman–Crippen MR) is 118 cm³/mol. The summed E-state index contributed by atoms with van der Waals surface area (Å²) in [6.07, 6.45) is 2.00. The number of benzene rings is 1. The first-order chi connectivity index (χ1) is 14.2. The fourth-order valence-corrected chi connectivity index (χ4v) is 4.85. The number of rotatable bonds is 11. The minimum atomic E-state index is -0.453. The summed E-state index contributed by atoms with van der Waals surface area (Å²) in [7, 11) is 1.71. The van der Waals surface area contributed by atoms with Crippen molar-refractivity contribution in [2.45, 2.75) is 31.6 Å². The van der Waals surface area contributed by atoms with E-state index in [4.69, 9.17) is 14.2 Å². The van der Waals surface area contributed by atoms with Gasteiger partial charge >= 0.3 is 0 Å². The van der Waals surface area contributed by atoms with Gasteiger partial charge in [0.05, 0.1) is 19.3 Å². The van der Waals surface area contributed by atoms with Gasteiger partial charge in [0.25, 0.3) is 0 Å². The van der Waals surface area contributed by atoms with Crippen molar-refractivity contribution in [3.8, 4) is 5.75 Å². The first-order valence-electron chi connectivity index (χ1n) is 10.8. The number of para-hydroxylation sites is 1. The van der Waals surface area contributed by atoms with E-state index in [1.54, 1.807) is 7.11 Å². The van der Waals surface area contributed by atoms with Gasteiger partial charge in [-0.3, -0.25) is 9.80 Å². The Morgan fingerprint density at radius 1 is 1.07 bits per heavy atom. The molecular weight excluding hydrogens is 388 g/mol. The summed E-state index contributed by atoms with van der Waals surface area (Å²) < 4.78 is 16.9. The largest absolute Gasteiger partial charge is 0.491 e. The average Bonchev–Trinajstić information content (AvgIpc) is 2.75. The van der Waals surface area contributed by atoms with Gasteiger partial charge in [-0.1, -0.05) is 18.2 Å². The zero-order chi connectivity index (χ0) is 20.3. The lowest BCUT2D eigenvalue weighted by atomic mass is 10.1. The van der Waals surface area contributed by atoms with E-state index in [1.165, 1.54) is 5.56 Å². The molecule has 0 bridgehead atoms. The van der Waals surface area contributed by atoms with Crippen molar-refractivity contribution < 1.29 is 19.3 Å². The second kappa shape index (κ2) is 12.8. The quantitative estimate of drug-likeness (QED) is 0.546. The third-order valence-corrected chi connectivity index (χ3v) is 6.49. The van der Waals surface area contributed by atoms with E-state index in [2.05, 4.69) is 21.9 Å². The maximum Gasteiger partial charge on any atom is 0.123 e. The van der Waals surface area contributed by atoms with Crippen LogP contribution in [0.1, 0.15) is 18.4 Å². The van der Waals surface area contributed by atoms with E-state index in [0.29, 0.717) is 32.5 Å². The van der Waals surface area contributed by atoms with Crippen LogP contribution in [0, 0.1) is 0 Å². The molecule has 1 N–H and O–H groups in total. The molecule has 0 unspecified atom stereocenters. The first kappa shape index (κ1) is 22.8. The Balaban J connectivity index is 1.42. The molecule has 2 heterocycles. The zero-order valence-corrected chi connectivity index (χ0v) is 18.4. The normalized spacial score (nSPS) is 20.6. The number of aliphatic hydroxyl groups excluding tert-OH is 1. The second-order valence-corrected chi connectivity index (χ2v) is 9.05. The SMILES string of the molecule is COCCOC1CCN(Cc2ccccc2OC[C@@H](O)CN2CCSCC2)CC1. The Labute approximate surface area is 179 Å². The Morgan fingerprint density at radius 2 is 1.83 bits per heavy atom. The third-order valence-electron chi connectivity index (χ3n) is 5.55. The standard InChI is InChI=1S/C22H36N2O4S/c1-26-12-13-27-21-6-8-23(9-7-21)16-19-4-2-3-5-22(19)28-18-20(25)17-24-10-14-29-15-11-24/h2-5,20-21,25H,6-18H2,1H3/t20-/m0/s1. The highest BCUT2D eigenvalue weighted by molar-refractivity contribution is 7.99. The van der Waals surface area contributed by atoms with Gasteiger partial charge in [-0.05, 0) is 18.9 Å². The van der Waals surface area contributed by atoms with E-state index < -0.39 is 6.10 Å². The van der Waals surface area contributed by atoms with E-state index >= 15 is 0 Å². The van der Waals surface area contributed by atoms with E-state index in [0.717, 1.165) is 62.8 Å². The maximum absolute atomic E-state index is 10.4. The molecular formula is C22H36N2O4S. The van der Waals surface area contributed by atoms with Gasteiger partial charge in [0.15, 0.2) is 0 Å². The van der Waals surface area contributed by atoms with Crippen molar-refractivity contribution in [1.29, 1.82) is 0 Å². The molecule has 0 aromatic heterocycles. The number of nitrogens with zero attached hydrogens (tertiary/aromatic N) is 2. The maximum atomic E-state index is 10.4. The molecule has 29 heavy (non-hydrogen) atoms. The molecule has 2 saturated heterocycles. The molecule has 0 spiro atoms. The fourth-order valence-electron chi connectivity index (χ4n) is 3.87. The molecule has 1 aromatic rings. The summed E-state index contributed by atoms with van der Waals surface area (Å²) in [6, 6.07) is 8.21. The smallest absolute Gasteiger partial charge is 0.123 e. The van der Waals surface area contributed by atoms with Crippen molar-refractivity contribution in [2.75, 3.05) is 71.2 Å². The average molecular weight is 425 g/mol. The van der Waals surface area contributed by atoms with Crippen LogP contribution in [0.2, 0.25) is 0 Å². The summed E-state index contributed by atoms with van der Waals surface area (Å²) in [6.45, 7) is 7.43. The van der Waals surface area contributed by atoms with E-state index in [-0.39, 0.29) is 0 Å². The molecule has 2 aliphatic rings. The Hall–Kier alpha value is -0.830. The van der Waals surface area contributed by atoms with Gasteiger partial charge in [0.2, 0.25) is 0 Å². The molecule has 2 fully saturated rings. The second-order valence-electron chi connectivity index (χ2n) is 7.82. The molecule has 7 heteroatoms. The Morgan fingerprint density at radius 3 is 2.59 bits per heavy atom. The van der Waals surface area contributed by atoms with Crippen LogP contribution in [-0.4, -0.2) is 98.3 Å². The highest BCUT2D eigenvalue weighted by atomic mass is 32.2. The number of methoxy groups -OCH3 is 1. The molecule has 0 radical (unpaired) electrons. The lowest BCUT2D eigenvalue weighted by Gasteiger charge is -2.32. The van der Waals surface area contributed by atoms with Gasteiger partial charge in [-0.2, -0.15) is 11.8 Å². The molecule has 3 rings (SSSR count). The Bertz CT molecular complexity index is 578. The van der Waals surface area contributed by atoms with Gasteiger partial charge in [-0.15, -0.1) is 0 Å². The number of piperidine rings is 1. The molecule has 164 valence electrons. The molecule has 6 nitrogen and oxygen atoms in total. The fraction of sp³-hybridized carbons (Fsp3) is 0.727. The topological polar surface area (TPSA) is 54.4 Å². The molecule has 2 aliphatic heterocycles. The van der Waals surface area contributed by atoms with Gasteiger partial charge in [-0.25, -0.2) is 0 Å². The molecule has 0 amide bonds. The summed E-state index contributed by atoms with van der Waals surface area (Å²) >= 11 is 1.99. The van der Waals surface area contributed by atoms with Crippen LogP contribution < -0.4 is 4.74 Å². The number of thioether (sulfide) groups is 1. The van der Waals surface area contributed by atoms with Crippen LogP contribution in [0.4, 0.5) is 0 Å². The summed E-state index contributed by atoms with van der Waals surface area (Å²) in [5.41, 5.74) is 1.19. The Kier molecular flexibility index (Phi) is 10.1. The van der Waals surface area contributed by atoms with E-state index in [9.17, 15) is 5.11 Å². The van der Waals surface area contributed by atoms with Crippen LogP contribution in [0.15, 0.2) is 24.3 Å². The minimum absolute atomic E-state index is 0.343. The van der Waals surface area contributed by atoms with E-state index in [1.807, 2.05) is 23.9 Å². The number of aliphatic hydroxyl groups is 1. The first-order valence-corrected chi connectivity index (χ1v) is 11.9. The monoisotopic (exact) mass is 424 g/mol. The van der Waals surface area contributed by atoms with Gasteiger partial charge in [0.1, 0.15) is 18.5 Å². The highest BCUT2D eigenvalue weighted by Crippen LogP contribution is 2.23. The van der Waals surface area contributed by atoms with Crippen LogP contribution in [0.3, 0.4) is 0 Å². The van der Waals surface area contributed by atoms with Crippen molar-refractivity contribution in [1.82, 2.24) is 9.80 Å². The molecule has 0 aliphatic carbocycles. The third kappa shape index (κ3) is 8.07. The summed E-state index contributed by atoms with van der Waals surface area (Å²) in [5.74, 6) is 3.20. The van der Waals surface area contributed by atoms with Crippen LogP contribution in [0.25, 0.3) is 0 Å². The zero-order valence-electron chi connectivity index (χ0n) is 17.6. The predicted octanol–water partition coefficient (Wildman–Crippen LogP) is 2.10. The number of ether oxygens (including phenoxy) is 3. The van der Waals surface area contributed by atoms with Crippen LogP contribution in [0.5, 0.6) is 5.75 Å². The highest BCUT2D eigenvalue weighted by Gasteiger charge is 2.21. The van der Waals surface area contributed by atoms with Gasteiger partial charge in [0, 0.05) is 63.4 Å². The van der Waals surface area contributed by atoms with Crippen LogP contribution >= 0.6 is 11.8 Å². The number of likely N-dealkylation sites (tertiary alicyclic amines) is 1. The van der Waals surface area contributed by atoms with Crippen LogP contribution in [-0.2, 0) is 16.0 Å². The number of hydrogen-bond acceptors (Lipinski definition) is 7. The molecule has 1 aromatic carbocycles. The lowest BCUT2D eigenvalue weighted by Crippen LogP contribution is -2.40. The van der Waals surface area contributed by atoms with Crippen molar-refractivity contribution >= 4 is 11.8 Å². The lowest BCUT2D eigenvalue weighted by molar-refractivity contribution is -0.0159. The summed E-state index contributed by atoms with van der Waals surface area (Å²) in [4.78, 5) is 4.79. The van der Waals surface area contributed by atoms with Gasteiger partial charge < -0.3 is 19.3 Å². The van der Waals surface area contributed by atoms with Crippen molar-refractivity contribution in [3.05, 3.63) is 29.8 Å². The number of β-amino-alcohol motifs (C(OH)–C–C–N with tert-alkyl or cyclic N) is 1. The van der Waals surface area contributed by atoms with Crippen molar-refractivity contribution in [3.63, 3.8) is 0 Å².